The molecule has 0 radical (unpaired) electrons. The maximum Gasteiger partial charge on any atom is 0.360 e. The second kappa shape index (κ2) is 7.38. The van der Waals surface area contributed by atoms with Crippen molar-refractivity contribution in [2.45, 2.75) is 58.1 Å². The third kappa shape index (κ3) is 4.03. The lowest BCUT2D eigenvalue weighted by Gasteiger charge is -2.26. The average Bonchev–Trinajstić information content (AvgIpc) is 2.82. The Bertz CT molecular complexity index is 429. The maximum atomic E-state index is 11.9. The summed E-state index contributed by atoms with van der Waals surface area (Å²) >= 11 is 0. The highest BCUT2D eigenvalue weighted by atomic mass is 16.5. The quantitative estimate of drug-likeness (QED) is 0.582. The van der Waals surface area contributed by atoms with Gasteiger partial charge in [0.2, 0.25) is 0 Å². The highest BCUT2D eigenvalue weighted by molar-refractivity contribution is 5.86. The molecule has 6 heteroatoms. The van der Waals surface area contributed by atoms with Crippen molar-refractivity contribution < 1.29 is 9.53 Å². The molecular formula is C14H24N4O2. The van der Waals surface area contributed by atoms with Crippen molar-refractivity contribution >= 4 is 5.97 Å². The van der Waals surface area contributed by atoms with E-state index in [1.165, 1.54) is 19.3 Å². The number of carbonyl (C=O) groups excluding carboxylic acids is 1. The van der Waals surface area contributed by atoms with Crippen molar-refractivity contribution in [1.29, 1.82) is 0 Å². The molecule has 0 amide bonds. The lowest BCUT2D eigenvalue weighted by molar-refractivity contribution is 0.0312. The van der Waals surface area contributed by atoms with E-state index in [-0.39, 0.29) is 12.1 Å². The van der Waals surface area contributed by atoms with Crippen molar-refractivity contribution in [2.24, 2.45) is 0 Å². The minimum Gasteiger partial charge on any atom is -0.458 e. The van der Waals surface area contributed by atoms with Crippen molar-refractivity contribution in [1.82, 2.24) is 20.3 Å². The number of hydrogen-bond acceptors (Lipinski definition) is 5. The summed E-state index contributed by atoms with van der Waals surface area (Å²) in [5, 5.41) is 11.0. The normalized spacial score (nSPS) is 16.7. The Labute approximate surface area is 119 Å². The lowest BCUT2D eigenvalue weighted by Crippen LogP contribution is -2.43. The Morgan fingerprint density at radius 3 is 2.95 bits per heavy atom. The van der Waals surface area contributed by atoms with Gasteiger partial charge in [0, 0.05) is 13.1 Å². The van der Waals surface area contributed by atoms with E-state index in [9.17, 15) is 4.79 Å². The summed E-state index contributed by atoms with van der Waals surface area (Å²) in [5.41, 5.74) is 0.303. The van der Waals surface area contributed by atoms with E-state index < -0.39 is 0 Å². The SMILES string of the molecule is CCCCCCC(C)OC(=O)c1cn(C2CNC2)nn1. The summed E-state index contributed by atoms with van der Waals surface area (Å²) in [5.74, 6) is -0.369. The molecule has 0 aliphatic carbocycles. The van der Waals surface area contributed by atoms with Gasteiger partial charge in [-0.05, 0) is 19.8 Å². The molecule has 0 saturated carbocycles. The van der Waals surface area contributed by atoms with Crippen LogP contribution in [0.4, 0.5) is 0 Å². The van der Waals surface area contributed by atoms with Crippen LogP contribution < -0.4 is 5.32 Å². The van der Waals surface area contributed by atoms with E-state index >= 15 is 0 Å². The number of unbranched alkanes of at least 4 members (excludes halogenated alkanes) is 3. The van der Waals surface area contributed by atoms with Gasteiger partial charge in [-0.15, -0.1) is 5.10 Å². The minimum absolute atomic E-state index is 0.0603. The molecule has 1 fully saturated rings. The predicted molar refractivity (Wildman–Crippen MR) is 75.6 cm³/mol. The van der Waals surface area contributed by atoms with Crippen LogP contribution in [0.2, 0.25) is 0 Å². The number of ether oxygens (including phenoxy) is 1. The zero-order valence-corrected chi connectivity index (χ0v) is 12.3. The largest absolute Gasteiger partial charge is 0.458 e. The molecular weight excluding hydrogens is 256 g/mol. The molecule has 6 nitrogen and oxygen atoms in total. The second-order valence-electron chi connectivity index (χ2n) is 5.46. The van der Waals surface area contributed by atoms with Crippen LogP contribution in [0.3, 0.4) is 0 Å². The molecule has 1 aromatic heterocycles. The van der Waals surface area contributed by atoms with E-state index in [2.05, 4.69) is 22.6 Å². The van der Waals surface area contributed by atoms with E-state index in [1.54, 1.807) is 10.9 Å². The van der Waals surface area contributed by atoms with Gasteiger partial charge < -0.3 is 10.1 Å². The van der Waals surface area contributed by atoms with Crippen LogP contribution in [-0.2, 0) is 4.74 Å². The summed E-state index contributed by atoms with van der Waals surface area (Å²) in [7, 11) is 0. The first-order valence-electron chi connectivity index (χ1n) is 7.54. The Morgan fingerprint density at radius 1 is 1.50 bits per heavy atom. The van der Waals surface area contributed by atoms with E-state index in [0.717, 1.165) is 25.9 Å². The maximum absolute atomic E-state index is 11.9. The minimum atomic E-state index is -0.369. The van der Waals surface area contributed by atoms with Crippen molar-refractivity contribution in [3.05, 3.63) is 11.9 Å². The second-order valence-corrected chi connectivity index (χ2v) is 5.46. The third-order valence-electron chi connectivity index (χ3n) is 3.63. The first-order chi connectivity index (χ1) is 9.70. The van der Waals surface area contributed by atoms with Gasteiger partial charge in [-0.1, -0.05) is 31.4 Å². The molecule has 20 heavy (non-hydrogen) atoms. The highest BCUT2D eigenvalue weighted by Crippen LogP contribution is 2.12. The van der Waals surface area contributed by atoms with Gasteiger partial charge in [0.25, 0.3) is 0 Å². The van der Waals surface area contributed by atoms with Crippen molar-refractivity contribution in [3.8, 4) is 0 Å². The smallest absolute Gasteiger partial charge is 0.360 e. The fraction of sp³-hybridized carbons (Fsp3) is 0.786. The van der Waals surface area contributed by atoms with E-state index in [4.69, 9.17) is 4.74 Å². The number of carbonyl (C=O) groups is 1. The molecule has 1 aliphatic rings. The molecule has 1 aromatic rings. The Morgan fingerprint density at radius 2 is 2.30 bits per heavy atom. The number of rotatable bonds is 8. The zero-order chi connectivity index (χ0) is 14.4. The summed E-state index contributed by atoms with van der Waals surface area (Å²) in [4.78, 5) is 11.9. The van der Waals surface area contributed by atoms with Crippen LogP contribution >= 0.6 is 0 Å². The summed E-state index contributed by atoms with van der Waals surface area (Å²) in [6.07, 6.45) is 7.28. The third-order valence-corrected chi connectivity index (χ3v) is 3.63. The van der Waals surface area contributed by atoms with Gasteiger partial charge >= 0.3 is 5.97 Å². The molecule has 112 valence electrons. The number of hydrogen-bond donors (Lipinski definition) is 1. The molecule has 1 unspecified atom stereocenters. The monoisotopic (exact) mass is 280 g/mol. The molecule has 0 bridgehead atoms. The molecule has 1 saturated heterocycles. The summed E-state index contributed by atoms with van der Waals surface area (Å²) in [6, 6.07) is 0.315. The van der Waals surface area contributed by atoms with Crippen molar-refractivity contribution in [3.63, 3.8) is 0 Å². The molecule has 1 atom stereocenters. The first kappa shape index (κ1) is 15.0. The molecule has 1 aliphatic heterocycles. The van der Waals surface area contributed by atoms with Gasteiger partial charge in [0.05, 0.1) is 18.3 Å². The topological polar surface area (TPSA) is 69.0 Å². The van der Waals surface area contributed by atoms with Gasteiger partial charge in [-0.2, -0.15) is 0 Å². The van der Waals surface area contributed by atoms with Crippen LogP contribution in [0.5, 0.6) is 0 Å². The molecule has 2 rings (SSSR count). The Balaban J connectivity index is 1.74. The van der Waals surface area contributed by atoms with Gasteiger partial charge in [-0.3, -0.25) is 0 Å². The fourth-order valence-corrected chi connectivity index (χ4v) is 2.17. The van der Waals surface area contributed by atoms with Crippen LogP contribution in [-0.4, -0.2) is 40.2 Å². The Hall–Kier alpha value is -1.43. The molecule has 0 aromatic carbocycles. The Kier molecular flexibility index (Phi) is 5.52. The van der Waals surface area contributed by atoms with Crippen LogP contribution in [0.15, 0.2) is 6.20 Å². The van der Waals surface area contributed by atoms with Gasteiger partial charge in [0.1, 0.15) is 0 Å². The number of nitrogens with zero attached hydrogens (tertiary/aromatic N) is 3. The van der Waals surface area contributed by atoms with Crippen LogP contribution in [0.1, 0.15) is 62.5 Å². The lowest BCUT2D eigenvalue weighted by atomic mass is 10.1. The van der Waals surface area contributed by atoms with Crippen LogP contribution in [0, 0.1) is 0 Å². The predicted octanol–water partition coefficient (Wildman–Crippen LogP) is 1.94. The first-order valence-corrected chi connectivity index (χ1v) is 7.54. The fourth-order valence-electron chi connectivity index (χ4n) is 2.17. The van der Waals surface area contributed by atoms with E-state index in [1.807, 2.05) is 6.92 Å². The molecule has 2 heterocycles. The number of esters is 1. The zero-order valence-electron chi connectivity index (χ0n) is 12.3. The average molecular weight is 280 g/mol. The van der Waals surface area contributed by atoms with Crippen LogP contribution in [0.25, 0.3) is 0 Å². The number of nitrogens with one attached hydrogen (secondary N) is 1. The van der Waals surface area contributed by atoms with E-state index in [0.29, 0.717) is 11.7 Å². The van der Waals surface area contributed by atoms with Gasteiger partial charge in [-0.25, -0.2) is 9.48 Å². The summed E-state index contributed by atoms with van der Waals surface area (Å²) in [6.45, 7) is 5.88. The standard InChI is InChI=1S/C14H24N4O2/c1-3-4-5-6-7-11(2)20-14(19)13-10-18(17-16-13)12-8-15-9-12/h10-12,15H,3-9H2,1-2H3. The summed E-state index contributed by atoms with van der Waals surface area (Å²) < 4.78 is 7.13. The number of aromatic nitrogens is 3. The molecule has 0 spiro atoms. The van der Waals surface area contributed by atoms with Gasteiger partial charge in [0.15, 0.2) is 5.69 Å². The molecule has 1 N–H and O–H groups in total. The van der Waals surface area contributed by atoms with Crippen molar-refractivity contribution in [2.75, 3.05) is 13.1 Å². The highest BCUT2D eigenvalue weighted by Gasteiger charge is 2.22.